The Morgan fingerprint density at radius 1 is 0.966 bits per heavy atom. The number of aliphatic hydroxyl groups is 9. The van der Waals surface area contributed by atoms with Crippen LogP contribution in [-0.4, -0.2) is 205 Å². The van der Waals surface area contributed by atoms with Crippen molar-refractivity contribution in [2.45, 2.75) is 97.7 Å². The zero-order valence-corrected chi connectivity index (χ0v) is 31.6. The fraction of sp³-hybridized carbons (Fsp3) is 0.741. The number of carbonyl (C=O) groups excluding carboxylic acids is 2. The van der Waals surface area contributed by atoms with Crippen LogP contribution in [0.3, 0.4) is 0 Å². The van der Waals surface area contributed by atoms with Crippen LogP contribution in [0.25, 0.3) is 0 Å². The highest BCUT2D eigenvalue weighted by atomic mass is 31.2. The van der Waals surface area contributed by atoms with E-state index in [-0.39, 0.29) is 5.82 Å². The lowest BCUT2D eigenvalue weighted by molar-refractivity contribution is -0.289. The van der Waals surface area contributed by atoms with E-state index in [0.29, 0.717) is 0 Å². The van der Waals surface area contributed by atoms with Gasteiger partial charge in [0.1, 0.15) is 66.9 Å². The van der Waals surface area contributed by atoms with E-state index >= 15 is 0 Å². The third kappa shape index (κ3) is 11.6. The number of hydrogen-bond acceptors (Lipinski definition) is 23. The number of anilines is 1. The van der Waals surface area contributed by atoms with E-state index in [4.69, 9.17) is 38.8 Å². The number of nitrogen functional groups attached to an aromatic ring is 1. The molecule has 2 amide bonds. The van der Waals surface area contributed by atoms with Gasteiger partial charge in [-0.1, -0.05) is 0 Å². The smallest absolute Gasteiger partial charge is 0.475 e. The van der Waals surface area contributed by atoms with E-state index < -0.39 is 163 Å². The number of carboxylic acids is 1. The molecule has 0 spiro atoms. The second-order valence-electron chi connectivity index (χ2n) is 13.3. The highest BCUT2D eigenvalue weighted by Gasteiger charge is 2.59. The first-order valence-electron chi connectivity index (χ1n) is 16.9. The minimum Gasteiger partial charge on any atom is -0.477 e. The average molecular weight is 900 g/mol. The zero-order chi connectivity index (χ0) is 44.4. The normalized spacial score (nSPS) is 35.9. The van der Waals surface area contributed by atoms with Gasteiger partial charge in [-0.05, 0) is 6.07 Å². The number of phosphoric acid groups is 2. The molecule has 0 saturated carbocycles. The van der Waals surface area contributed by atoms with Gasteiger partial charge in [-0.3, -0.25) is 23.2 Å². The lowest BCUT2D eigenvalue weighted by Crippen LogP contribution is -2.68. The third-order valence-corrected chi connectivity index (χ3v) is 10.6. The summed E-state index contributed by atoms with van der Waals surface area (Å²) in [5.41, 5.74) is 4.41. The summed E-state index contributed by atoms with van der Waals surface area (Å²) in [6.45, 7) is -4.55. The summed E-state index contributed by atoms with van der Waals surface area (Å²) in [4.78, 5) is 82.3. The molecule has 3 fully saturated rings. The Kier molecular flexibility index (Phi) is 15.8. The van der Waals surface area contributed by atoms with E-state index in [1.807, 2.05) is 10.6 Å². The van der Waals surface area contributed by atoms with Gasteiger partial charge in [-0.2, -0.15) is 4.98 Å². The fourth-order valence-electron chi connectivity index (χ4n) is 6.06. The van der Waals surface area contributed by atoms with Crippen LogP contribution in [0, 0.1) is 0 Å². The Labute approximate surface area is 329 Å². The van der Waals surface area contributed by atoms with Crippen molar-refractivity contribution in [1.82, 2.24) is 20.2 Å². The number of aromatic nitrogens is 2. The molecule has 3 aliphatic rings. The summed E-state index contributed by atoms with van der Waals surface area (Å²) in [5.74, 6) is -8.56. The van der Waals surface area contributed by atoms with Crippen molar-refractivity contribution in [2.24, 2.45) is 0 Å². The van der Waals surface area contributed by atoms with Crippen LogP contribution < -0.4 is 22.1 Å². The SMILES string of the molecule is Nc1ccn(C2OC(COP(=O)(O)OC3(C(=O)O)CC(O)C(NC(=O)CNC(=O)[C@H]4OC(COP(=O)(O)O)[C@@H](O)[C@H](O)C4O)C([C@H](O)[C@H](O)CO)O3)C(O)C2O)c(=O)n1. The highest BCUT2D eigenvalue weighted by molar-refractivity contribution is 7.47. The van der Waals surface area contributed by atoms with Gasteiger partial charge in [0.25, 0.3) is 11.7 Å². The summed E-state index contributed by atoms with van der Waals surface area (Å²) >= 11 is 0. The van der Waals surface area contributed by atoms with Crippen LogP contribution in [0.2, 0.25) is 0 Å². The van der Waals surface area contributed by atoms with Crippen molar-refractivity contribution in [2.75, 3.05) is 32.1 Å². The molecule has 336 valence electrons. The number of nitrogens with two attached hydrogens (primary N) is 1. The van der Waals surface area contributed by atoms with Gasteiger partial charge in [0, 0.05) is 12.6 Å². The molecule has 4 rings (SSSR count). The Hall–Kier alpha value is -3.17. The van der Waals surface area contributed by atoms with Gasteiger partial charge < -0.3 is 96.3 Å². The molecule has 4 heterocycles. The predicted molar refractivity (Wildman–Crippen MR) is 180 cm³/mol. The largest absolute Gasteiger partial charge is 0.477 e. The van der Waals surface area contributed by atoms with E-state index in [1.165, 1.54) is 0 Å². The Morgan fingerprint density at radius 2 is 1.58 bits per heavy atom. The first-order valence-corrected chi connectivity index (χ1v) is 19.9. The van der Waals surface area contributed by atoms with Crippen LogP contribution >= 0.6 is 15.6 Å². The Balaban J connectivity index is 1.44. The van der Waals surface area contributed by atoms with Crippen LogP contribution in [0.4, 0.5) is 5.82 Å². The number of phosphoric ester groups is 2. The van der Waals surface area contributed by atoms with Crippen molar-refractivity contribution >= 4 is 39.2 Å². The number of nitrogens with zero attached hydrogens (tertiary/aromatic N) is 2. The van der Waals surface area contributed by atoms with E-state index in [0.717, 1.165) is 16.8 Å². The van der Waals surface area contributed by atoms with E-state index in [1.54, 1.807) is 0 Å². The number of ether oxygens (including phenoxy) is 3. The molecule has 17 N–H and O–H groups in total. The maximum absolute atomic E-state index is 13.1. The minimum absolute atomic E-state index is 0.192. The molecular formula is C27H43N5O25P2. The number of aliphatic hydroxyl groups excluding tert-OH is 9. The third-order valence-electron chi connectivity index (χ3n) is 9.07. The number of aliphatic carboxylic acids is 1. The summed E-state index contributed by atoms with van der Waals surface area (Å²) in [6, 6.07) is -0.833. The van der Waals surface area contributed by atoms with Gasteiger partial charge in [0.2, 0.25) is 5.91 Å². The van der Waals surface area contributed by atoms with Crippen molar-refractivity contribution in [1.29, 1.82) is 0 Å². The standard InChI is InChI=1S/C27H43N5O25P2/c28-12-1-2-32(26(46)30-12)24-20(42)17(39)11(55-24)7-53-59(50,51)57-27(25(44)45)3-8(34)14(21(56-27)15(37)9(35)5-33)31-13(36)4-29-23(43)22-19(41)18(40)16(38)10(54-22)6-52-58(47,48)49/h1-2,8-11,14-22,24,33-35,37-42H,3-7H2,(H,29,43)(H,31,36)(H,44,45)(H,50,51)(H2,28,30,46)(H2,47,48,49)/t8?,9-,10?,11?,14?,15-,16-,17?,18+,19?,20?,21?,22+,24?,27?/m1/s1. The number of rotatable bonds is 17. The molecule has 3 saturated heterocycles. The Bertz CT molecular complexity index is 1820. The first-order chi connectivity index (χ1) is 27.3. The maximum Gasteiger partial charge on any atom is 0.475 e. The molecule has 59 heavy (non-hydrogen) atoms. The van der Waals surface area contributed by atoms with Gasteiger partial charge in [0.15, 0.2) is 12.3 Å². The number of hydrogen-bond donors (Lipinski definition) is 16. The van der Waals surface area contributed by atoms with Crippen molar-refractivity contribution in [3.8, 4) is 0 Å². The summed E-state index contributed by atoms with van der Waals surface area (Å²) in [6.07, 6.45) is -26.7. The van der Waals surface area contributed by atoms with Crippen LogP contribution in [0.15, 0.2) is 17.1 Å². The van der Waals surface area contributed by atoms with Gasteiger partial charge in [-0.25, -0.2) is 23.2 Å². The Morgan fingerprint density at radius 3 is 2.17 bits per heavy atom. The second-order valence-corrected chi connectivity index (χ2v) is 15.9. The van der Waals surface area contributed by atoms with Crippen LogP contribution in [-0.2, 0) is 51.3 Å². The topological polar surface area (TPSA) is 489 Å². The number of carbonyl (C=O) groups is 3. The quantitative estimate of drug-likeness (QED) is 0.0646. The molecule has 32 heteroatoms. The van der Waals surface area contributed by atoms with Crippen LogP contribution in [0.1, 0.15) is 12.6 Å². The van der Waals surface area contributed by atoms with Crippen LogP contribution in [0.5, 0.6) is 0 Å². The van der Waals surface area contributed by atoms with Crippen molar-refractivity contribution < 1.29 is 117 Å². The van der Waals surface area contributed by atoms with E-state index in [2.05, 4.69) is 9.51 Å². The maximum atomic E-state index is 13.1. The molecule has 0 aliphatic carbocycles. The molecule has 1 aromatic rings. The molecule has 11 unspecified atom stereocenters. The van der Waals surface area contributed by atoms with Gasteiger partial charge in [0.05, 0.1) is 38.5 Å². The second kappa shape index (κ2) is 19.3. The van der Waals surface area contributed by atoms with Gasteiger partial charge >= 0.3 is 27.3 Å². The van der Waals surface area contributed by atoms with Gasteiger partial charge in [-0.15, -0.1) is 0 Å². The minimum atomic E-state index is -5.74. The summed E-state index contributed by atoms with van der Waals surface area (Å²) in [5, 5.41) is 107. The lowest BCUT2D eigenvalue weighted by atomic mass is 9.88. The molecule has 0 radical (unpaired) electrons. The fourth-order valence-corrected chi connectivity index (χ4v) is 7.36. The first kappa shape index (κ1) is 48.5. The molecule has 0 aromatic carbocycles. The molecular weight excluding hydrogens is 856 g/mol. The molecule has 1 aromatic heterocycles. The van der Waals surface area contributed by atoms with E-state index in [9.17, 15) is 84.3 Å². The molecule has 3 aliphatic heterocycles. The highest BCUT2D eigenvalue weighted by Crippen LogP contribution is 2.51. The molecule has 0 bridgehead atoms. The summed E-state index contributed by atoms with van der Waals surface area (Å²) < 4.78 is 54.4. The molecule has 16 atom stereocenters. The van der Waals surface area contributed by atoms with Crippen molar-refractivity contribution in [3.05, 3.63) is 22.7 Å². The number of carboxylic acid groups (broad SMARTS) is 1. The monoisotopic (exact) mass is 899 g/mol. The summed E-state index contributed by atoms with van der Waals surface area (Å²) in [7, 11) is -10.9. The van der Waals surface area contributed by atoms with Crippen molar-refractivity contribution in [3.63, 3.8) is 0 Å². The predicted octanol–water partition coefficient (Wildman–Crippen LogP) is -9.22. The zero-order valence-electron chi connectivity index (χ0n) is 29.9. The average Bonchev–Trinajstić information content (AvgIpc) is 3.43. The lowest BCUT2D eigenvalue weighted by Gasteiger charge is -2.46. The number of nitrogens with one attached hydrogen (secondary N) is 2. The molecule has 30 nitrogen and oxygen atoms in total. The number of amides is 2.